The summed E-state index contributed by atoms with van der Waals surface area (Å²) in [4.78, 5) is 76.6. The molecule has 1 atom stereocenters. The number of carbonyl (C=O) groups excluding carboxylic acids is 6. The molecule has 1 N–H and O–H groups in total. The first-order chi connectivity index (χ1) is 34.1. The predicted octanol–water partition coefficient (Wildman–Crippen LogP) is 9.07. The second-order valence-corrected chi connectivity index (χ2v) is 18.7. The summed E-state index contributed by atoms with van der Waals surface area (Å²) >= 11 is 0. The van der Waals surface area contributed by atoms with Crippen LogP contribution in [-0.2, 0) is 38.1 Å². The number of hydrogen-bond donors (Lipinski definition) is 1. The highest BCUT2D eigenvalue weighted by Gasteiger charge is 2.31. The third kappa shape index (κ3) is 14.7. The van der Waals surface area contributed by atoms with Crippen LogP contribution in [0.1, 0.15) is 106 Å². The average Bonchev–Trinajstić information content (AvgIpc) is 3.82. The predicted molar refractivity (Wildman–Crippen MR) is 278 cm³/mol. The van der Waals surface area contributed by atoms with Crippen molar-refractivity contribution in [3.63, 3.8) is 0 Å². The van der Waals surface area contributed by atoms with E-state index < -0.39 is 34.8 Å². The third-order valence-corrected chi connectivity index (χ3v) is 12.1. The molecule has 0 aliphatic carbocycles. The van der Waals surface area contributed by atoms with Crippen molar-refractivity contribution in [2.45, 2.75) is 80.8 Å². The van der Waals surface area contributed by atoms with E-state index >= 15 is 0 Å². The average molecular weight is 984 g/mol. The summed E-state index contributed by atoms with van der Waals surface area (Å²) in [5.41, 5.74) is 5.61. The van der Waals surface area contributed by atoms with E-state index in [4.69, 9.17) is 18.9 Å². The molecule has 0 spiro atoms. The van der Waals surface area contributed by atoms with Crippen LogP contribution < -0.4 is 14.9 Å². The van der Waals surface area contributed by atoms with Gasteiger partial charge in [0.1, 0.15) is 19.3 Å². The van der Waals surface area contributed by atoms with Crippen LogP contribution in [0.4, 0.5) is 17.1 Å². The lowest BCUT2D eigenvalue weighted by Gasteiger charge is -2.21. The molecular formula is C56H65N5O11. The van der Waals surface area contributed by atoms with Gasteiger partial charge < -0.3 is 29.0 Å². The summed E-state index contributed by atoms with van der Waals surface area (Å²) in [7, 11) is 3.95. The summed E-state index contributed by atoms with van der Waals surface area (Å²) in [6, 6.07) is 30.2. The lowest BCUT2D eigenvalue weighted by Crippen LogP contribution is -2.31. The zero-order chi connectivity index (χ0) is 52.8. The molecule has 0 fully saturated rings. The Morgan fingerprint density at radius 1 is 0.597 bits per heavy atom. The number of benzene rings is 4. The van der Waals surface area contributed by atoms with Crippen molar-refractivity contribution in [3.05, 3.63) is 137 Å². The Morgan fingerprint density at radius 3 is 1.47 bits per heavy atom. The number of carbonyl (C=O) groups is 6. The van der Waals surface area contributed by atoms with Crippen molar-refractivity contribution in [2.24, 2.45) is 21.0 Å². The van der Waals surface area contributed by atoms with Crippen LogP contribution in [0.3, 0.4) is 0 Å². The molecule has 0 bridgehead atoms. The zero-order valence-corrected chi connectivity index (χ0v) is 42.8. The van der Waals surface area contributed by atoms with Gasteiger partial charge in [-0.25, -0.2) is 9.59 Å². The lowest BCUT2D eigenvalue weighted by atomic mass is 9.91. The van der Waals surface area contributed by atoms with Crippen LogP contribution >= 0.6 is 0 Å². The lowest BCUT2D eigenvalue weighted by molar-refractivity contribution is -0.158. The summed E-state index contributed by atoms with van der Waals surface area (Å²) in [6.07, 6.45) is 4.19. The Morgan fingerprint density at radius 2 is 1.01 bits per heavy atom. The molecule has 4 aromatic carbocycles. The summed E-state index contributed by atoms with van der Waals surface area (Å²) < 4.78 is 20.8. The highest BCUT2D eigenvalue weighted by atomic mass is 16.6. The number of esters is 4. The Balaban J connectivity index is 0.000000268. The number of nitrogens with zero attached hydrogens (tertiary/aromatic N) is 5. The van der Waals surface area contributed by atoms with Crippen molar-refractivity contribution >= 4 is 76.3 Å². The molecule has 2 aliphatic rings. The van der Waals surface area contributed by atoms with Crippen LogP contribution in [0, 0.1) is 10.8 Å². The maximum atomic E-state index is 13.1. The van der Waals surface area contributed by atoms with E-state index in [9.17, 15) is 33.9 Å². The maximum Gasteiger partial charge on any atom is 0.338 e. The number of rotatable bonds is 19. The van der Waals surface area contributed by atoms with Crippen molar-refractivity contribution in [2.75, 3.05) is 55.4 Å². The Bertz CT molecular complexity index is 2710. The topological polar surface area (TPSA) is 194 Å². The van der Waals surface area contributed by atoms with Gasteiger partial charge in [0.25, 0.3) is 11.8 Å². The smallest absolute Gasteiger partial charge is 0.338 e. The van der Waals surface area contributed by atoms with Crippen LogP contribution in [0.2, 0.25) is 0 Å². The van der Waals surface area contributed by atoms with Crippen LogP contribution in [-0.4, -0.2) is 98.8 Å². The van der Waals surface area contributed by atoms with Crippen LogP contribution in [0.25, 0.3) is 12.2 Å². The highest BCUT2D eigenvalue weighted by Crippen LogP contribution is 2.28. The van der Waals surface area contributed by atoms with Gasteiger partial charge in [-0.2, -0.15) is 20.2 Å². The van der Waals surface area contributed by atoms with Gasteiger partial charge in [0, 0.05) is 26.2 Å². The van der Waals surface area contributed by atoms with Gasteiger partial charge in [-0.1, -0.05) is 56.3 Å². The van der Waals surface area contributed by atoms with Gasteiger partial charge in [0.15, 0.2) is 0 Å². The first kappa shape index (κ1) is 55.2. The molecule has 0 aromatic heterocycles. The second-order valence-electron chi connectivity index (χ2n) is 18.7. The molecule has 380 valence electrons. The first-order valence-electron chi connectivity index (χ1n) is 23.8. The van der Waals surface area contributed by atoms with E-state index in [1.54, 1.807) is 70.2 Å². The molecule has 0 saturated carbocycles. The minimum absolute atomic E-state index is 0.137. The van der Waals surface area contributed by atoms with Gasteiger partial charge in [-0.3, -0.25) is 19.2 Å². The van der Waals surface area contributed by atoms with E-state index in [-0.39, 0.29) is 49.8 Å². The Labute approximate surface area is 421 Å². The molecule has 0 radical (unpaired) electrons. The summed E-state index contributed by atoms with van der Waals surface area (Å²) in [5, 5.41) is 21.4. The zero-order valence-electron chi connectivity index (χ0n) is 42.8. The van der Waals surface area contributed by atoms with Gasteiger partial charge in [-0.15, -0.1) is 0 Å². The number of hydrazone groups is 2. The minimum atomic E-state index is -1.14. The monoisotopic (exact) mass is 983 g/mol. The van der Waals surface area contributed by atoms with E-state index in [1.165, 1.54) is 22.2 Å². The number of amides is 2. The molecular weight excluding hydrogens is 919 g/mol. The van der Waals surface area contributed by atoms with Crippen molar-refractivity contribution in [3.8, 4) is 0 Å². The van der Waals surface area contributed by atoms with Gasteiger partial charge >= 0.3 is 23.9 Å². The third-order valence-electron chi connectivity index (χ3n) is 12.1. The van der Waals surface area contributed by atoms with Gasteiger partial charge in [0.2, 0.25) is 0 Å². The Hall–Kier alpha value is -7.72. The number of anilines is 3. The molecule has 2 heterocycles. The molecule has 72 heavy (non-hydrogen) atoms. The highest BCUT2D eigenvalue weighted by molar-refractivity contribution is 6.33. The maximum absolute atomic E-state index is 13.1. The molecule has 6 rings (SSSR count). The van der Waals surface area contributed by atoms with Crippen LogP contribution in [0.15, 0.2) is 124 Å². The van der Waals surface area contributed by atoms with Crippen LogP contribution in [0.5, 0.6) is 0 Å². The summed E-state index contributed by atoms with van der Waals surface area (Å²) in [6.45, 7) is 14.3. The molecule has 1 unspecified atom stereocenters. The number of aliphatic hydroxyl groups is 1. The molecule has 2 aliphatic heterocycles. The number of aliphatic hydroxyl groups excluding tert-OH is 1. The molecule has 16 heteroatoms. The van der Waals surface area contributed by atoms with Gasteiger partial charge in [-0.05, 0) is 138 Å². The minimum Gasteiger partial charge on any atom is -0.465 e. The first-order valence-corrected chi connectivity index (χ1v) is 23.8. The fraction of sp³-hybridized carbons (Fsp3) is 0.357. The molecule has 0 saturated heterocycles. The standard InChI is InChI=1S/C29H35N3O5.C27H30N2O6/c1-7-29(3,4)28(35)37-18-8-17-36-27(34)22-11-15-24(16-12-22)32-26(33)25(20(2)30-32)19-21-9-13-23(14-10-21)31(5)6;1-5-27(3,4)26(33)35-17-22(30)16-34-25(32)20-11-13-21(14-12-20)29-24(31)23(18(2)28-29)15-19-9-7-6-8-10-19/h9-16,19H,7-8,17-18H2,1-6H3;6-15,22,30H,5,16-17H2,1-4H3/b25-19+;23-15-. The molecule has 4 aromatic rings. The SMILES string of the molecule is CCC(C)(C)C(=O)OCC(O)COC(=O)c1ccc(N2N=C(C)/C(=C/c3ccccc3)C2=O)cc1.CCC(C)(C)C(=O)OCCCOC(=O)c1ccc(N2N=C(C)/C(=C\c3ccc(N(C)C)cc3)C2=O)cc1. The van der Waals surface area contributed by atoms with Crippen molar-refractivity contribution in [1.29, 1.82) is 0 Å². The molecule has 16 nitrogen and oxygen atoms in total. The Kier molecular flexibility index (Phi) is 19.1. The fourth-order valence-electron chi connectivity index (χ4n) is 6.57. The van der Waals surface area contributed by atoms with Crippen molar-refractivity contribution in [1.82, 2.24) is 0 Å². The van der Waals surface area contributed by atoms with E-state index in [2.05, 4.69) is 10.2 Å². The van der Waals surface area contributed by atoms with E-state index in [0.717, 1.165) is 16.8 Å². The quantitative estimate of drug-likeness (QED) is 0.0406. The van der Waals surface area contributed by atoms with E-state index in [0.29, 0.717) is 58.8 Å². The number of ether oxygens (including phenoxy) is 4. The van der Waals surface area contributed by atoms with Gasteiger partial charge in [0.05, 0.1) is 69.1 Å². The normalized spacial score (nSPS) is 15.1. The largest absolute Gasteiger partial charge is 0.465 e. The summed E-state index contributed by atoms with van der Waals surface area (Å²) in [5.74, 6) is -2.30. The molecule has 2 amide bonds. The van der Waals surface area contributed by atoms with E-state index in [1.807, 2.05) is 107 Å². The van der Waals surface area contributed by atoms with Crippen molar-refractivity contribution < 1.29 is 52.8 Å². The number of hydrogen-bond acceptors (Lipinski definition) is 14. The second kappa shape index (κ2) is 24.9. The fourth-order valence-corrected chi connectivity index (χ4v) is 6.57.